The molecule has 1 heterocycles. The van der Waals surface area contributed by atoms with E-state index in [1.54, 1.807) is 19.1 Å². The van der Waals surface area contributed by atoms with Crippen LogP contribution >= 0.6 is 0 Å². The molecule has 3 nitrogen and oxygen atoms in total. The van der Waals surface area contributed by atoms with Crippen LogP contribution in [0.4, 0.5) is 4.39 Å². The zero-order valence-electron chi connectivity index (χ0n) is 8.83. The highest BCUT2D eigenvalue weighted by Gasteiger charge is 2.05. The molecular formula is C12H11FN2O. The molecule has 0 bridgehead atoms. The third-order valence-electron chi connectivity index (χ3n) is 2.46. The van der Waals surface area contributed by atoms with Crippen LogP contribution in [0.2, 0.25) is 0 Å². The molecule has 16 heavy (non-hydrogen) atoms. The number of aryl methyl sites for hydroxylation is 1. The van der Waals surface area contributed by atoms with Gasteiger partial charge in [0.25, 0.3) is 5.56 Å². The highest BCUT2D eigenvalue weighted by molar-refractivity contribution is 5.26. The molecule has 1 N–H and O–H groups in total. The predicted molar refractivity (Wildman–Crippen MR) is 58.8 cm³/mol. The quantitative estimate of drug-likeness (QED) is 0.835. The van der Waals surface area contributed by atoms with E-state index in [1.807, 2.05) is 0 Å². The third-order valence-corrected chi connectivity index (χ3v) is 2.46. The molecule has 0 aliphatic heterocycles. The van der Waals surface area contributed by atoms with Gasteiger partial charge in [0.2, 0.25) is 0 Å². The Hall–Kier alpha value is -1.97. The van der Waals surface area contributed by atoms with Crippen molar-refractivity contribution in [1.82, 2.24) is 9.97 Å². The smallest absolute Gasteiger partial charge is 0.254 e. The van der Waals surface area contributed by atoms with E-state index in [0.29, 0.717) is 17.7 Å². The monoisotopic (exact) mass is 218 g/mol. The molecule has 0 fully saturated rings. The van der Waals surface area contributed by atoms with Crippen molar-refractivity contribution in [1.29, 1.82) is 0 Å². The Balaban J connectivity index is 2.34. The minimum absolute atomic E-state index is 0.142. The average Bonchev–Trinajstić information content (AvgIpc) is 2.26. The van der Waals surface area contributed by atoms with E-state index >= 15 is 0 Å². The van der Waals surface area contributed by atoms with Gasteiger partial charge in [-0.25, -0.2) is 9.37 Å². The Morgan fingerprint density at radius 1 is 1.31 bits per heavy atom. The Morgan fingerprint density at radius 3 is 2.62 bits per heavy atom. The Kier molecular flexibility index (Phi) is 2.81. The second-order valence-corrected chi connectivity index (χ2v) is 3.60. The fourth-order valence-corrected chi connectivity index (χ4v) is 1.53. The molecule has 0 saturated carbocycles. The lowest BCUT2D eigenvalue weighted by Crippen LogP contribution is -2.15. The molecule has 82 valence electrons. The molecule has 4 heteroatoms. The van der Waals surface area contributed by atoms with Gasteiger partial charge in [-0.05, 0) is 24.6 Å². The zero-order valence-corrected chi connectivity index (χ0v) is 8.83. The standard InChI is InChI=1S/C12H11FN2O/c1-8-11(12(16)15-7-14-8)6-9-2-4-10(13)5-3-9/h2-5,7H,6H2,1H3,(H,14,15,16). The fourth-order valence-electron chi connectivity index (χ4n) is 1.53. The highest BCUT2D eigenvalue weighted by atomic mass is 19.1. The van der Waals surface area contributed by atoms with Crippen LogP contribution in [-0.4, -0.2) is 9.97 Å². The van der Waals surface area contributed by atoms with Gasteiger partial charge in [0.1, 0.15) is 5.82 Å². The number of halogens is 1. The third kappa shape index (κ3) is 2.16. The highest BCUT2D eigenvalue weighted by Crippen LogP contribution is 2.08. The van der Waals surface area contributed by atoms with Crippen molar-refractivity contribution in [3.05, 3.63) is 63.6 Å². The summed E-state index contributed by atoms with van der Waals surface area (Å²) in [6.45, 7) is 1.79. The lowest BCUT2D eigenvalue weighted by Gasteiger charge is -2.03. The fraction of sp³-hybridized carbons (Fsp3) is 0.167. The molecule has 2 aromatic rings. The maximum Gasteiger partial charge on any atom is 0.254 e. The summed E-state index contributed by atoms with van der Waals surface area (Å²) < 4.78 is 12.7. The number of nitrogens with one attached hydrogen (secondary N) is 1. The Morgan fingerprint density at radius 2 is 2.00 bits per heavy atom. The van der Waals surface area contributed by atoms with Crippen LogP contribution in [0.5, 0.6) is 0 Å². The molecule has 0 aliphatic carbocycles. The summed E-state index contributed by atoms with van der Waals surface area (Å²) in [6.07, 6.45) is 1.85. The molecule has 0 radical (unpaired) electrons. The van der Waals surface area contributed by atoms with Gasteiger partial charge < -0.3 is 4.98 Å². The van der Waals surface area contributed by atoms with E-state index in [1.165, 1.54) is 18.5 Å². The summed E-state index contributed by atoms with van der Waals surface area (Å²) in [7, 11) is 0. The van der Waals surface area contributed by atoms with E-state index < -0.39 is 0 Å². The van der Waals surface area contributed by atoms with E-state index in [4.69, 9.17) is 0 Å². The van der Waals surface area contributed by atoms with E-state index in [0.717, 1.165) is 5.56 Å². The van der Waals surface area contributed by atoms with E-state index in [-0.39, 0.29) is 11.4 Å². The van der Waals surface area contributed by atoms with Crippen molar-refractivity contribution in [2.75, 3.05) is 0 Å². The molecular weight excluding hydrogens is 207 g/mol. The first kappa shape index (κ1) is 10.5. The van der Waals surface area contributed by atoms with Crippen molar-refractivity contribution in [2.24, 2.45) is 0 Å². The number of hydrogen-bond donors (Lipinski definition) is 1. The first-order chi connectivity index (χ1) is 7.66. The van der Waals surface area contributed by atoms with Gasteiger partial charge in [-0.2, -0.15) is 0 Å². The lowest BCUT2D eigenvalue weighted by molar-refractivity contribution is 0.627. The minimum atomic E-state index is -0.277. The van der Waals surface area contributed by atoms with Crippen LogP contribution in [0.3, 0.4) is 0 Å². The van der Waals surface area contributed by atoms with Crippen LogP contribution in [0.1, 0.15) is 16.8 Å². The summed E-state index contributed by atoms with van der Waals surface area (Å²) in [5.41, 5.74) is 2.07. The zero-order chi connectivity index (χ0) is 11.5. The first-order valence-corrected chi connectivity index (χ1v) is 4.94. The molecule has 0 aliphatic rings. The van der Waals surface area contributed by atoms with E-state index in [2.05, 4.69) is 9.97 Å². The van der Waals surface area contributed by atoms with Crippen molar-refractivity contribution in [3.8, 4) is 0 Å². The average molecular weight is 218 g/mol. The number of nitrogens with zero attached hydrogens (tertiary/aromatic N) is 1. The second kappa shape index (κ2) is 4.26. The maximum absolute atomic E-state index is 12.7. The summed E-state index contributed by atoms with van der Waals surface area (Å²) in [5, 5.41) is 0. The molecule has 0 spiro atoms. The molecule has 0 saturated heterocycles. The summed E-state index contributed by atoms with van der Waals surface area (Å²) >= 11 is 0. The van der Waals surface area contributed by atoms with Gasteiger partial charge in [0, 0.05) is 17.7 Å². The topological polar surface area (TPSA) is 45.8 Å². The lowest BCUT2D eigenvalue weighted by atomic mass is 10.1. The number of aromatic nitrogens is 2. The molecule has 0 atom stereocenters. The normalized spacial score (nSPS) is 10.4. The van der Waals surface area contributed by atoms with Crippen LogP contribution in [-0.2, 0) is 6.42 Å². The molecule has 1 aromatic carbocycles. The number of hydrogen-bond acceptors (Lipinski definition) is 2. The number of aromatic amines is 1. The van der Waals surface area contributed by atoms with Gasteiger partial charge >= 0.3 is 0 Å². The largest absolute Gasteiger partial charge is 0.313 e. The predicted octanol–water partition coefficient (Wildman–Crippen LogP) is 1.81. The van der Waals surface area contributed by atoms with Gasteiger partial charge in [-0.1, -0.05) is 12.1 Å². The van der Waals surface area contributed by atoms with Crippen molar-refractivity contribution in [2.45, 2.75) is 13.3 Å². The van der Waals surface area contributed by atoms with Crippen molar-refractivity contribution >= 4 is 0 Å². The summed E-state index contributed by atoms with van der Waals surface area (Å²) in [4.78, 5) is 18.1. The van der Waals surface area contributed by atoms with Crippen LogP contribution in [0.15, 0.2) is 35.4 Å². The van der Waals surface area contributed by atoms with Crippen LogP contribution < -0.4 is 5.56 Å². The Bertz CT molecular complexity index is 546. The summed E-state index contributed by atoms with van der Waals surface area (Å²) in [6, 6.07) is 6.10. The number of benzene rings is 1. The van der Waals surface area contributed by atoms with Crippen molar-refractivity contribution in [3.63, 3.8) is 0 Å². The van der Waals surface area contributed by atoms with E-state index in [9.17, 15) is 9.18 Å². The maximum atomic E-state index is 12.7. The van der Waals surface area contributed by atoms with Crippen LogP contribution in [0, 0.1) is 12.7 Å². The molecule has 2 rings (SSSR count). The molecule has 1 aromatic heterocycles. The van der Waals surface area contributed by atoms with Crippen LogP contribution in [0.25, 0.3) is 0 Å². The molecule has 0 amide bonds. The van der Waals surface area contributed by atoms with Gasteiger partial charge in [0.15, 0.2) is 0 Å². The SMILES string of the molecule is Cc1nc[nH]c(=O)c1Cc1ccc(F)cc1. The first-order valence-electron chi connectivity index (χ1n) is 4.94. The number of H-pyrrole nitrogens is 1. The second-order valence-electron chi connectivity index (χ2n) is 3.60. The van der Waals surface area contributed by atoms with Gasteiger partial charge in [0.05, 0.1) is 6.33 Å². The Labute approximate surface area is 92.0 Å². The summed E-state index contributed by atoms with van der Waals surface area (Å²) in [5.74, 6) is -0.277. The van der Waals surface area contributed by atoms with Gasteiger partial charge in [-0.3, -0.25) is 4.79 Å². The minimum Gasteiger partial charge on any atom is -0.313 e. The van der Waals surface area contributed by atoms with Gasteiger partial charge in [-0.15, -0.1) is 0 Å². The number of rotatable bonds is 2. The van der Waals surface area contributed by atoms with Crippen molar-refractivity contribution < 1.29 is 4.39 Å². The molecule has 0 unspecified atom stereocenters.